The van der Waals surface area contributed by atoms with Crippen molar-refractivity contribution in [2.24, 2.45) is 0 Å². The van der Waals surface area contributed by atoms with Crippen molar-refractivity contribution in [3.05, 3.63) is 11.1 Å². The molecule has 0 aliphatic heterocycles. The lowest BCUT2D eigenvalue weighted by atomic mass is 10.1. The first-order valence-corrected chi connectivity index (χ1v) is 4.02. The second kappa shape index (κ2) is 3.05. The molecule has 52 valence electrons. The predicted molar refractivity (Wildman–Crippen MR) is 41.5 cm³/mol. The molecule has 0 nitrogen and oxygen atoms in total. The fraction of sp³-hybridized carbons (Fsp3) is 0.778. The third kappa shape index (κ3) is 1.57. The molecule has 0 bridgehead atoms. The number of rotatable bonds is 2. The highest BCUT2D eigenvalue weighted by Gasteiger charge is 2.08. The van der Waals surface area contributed by atoms with E-state index >= 15 is 0 Å². The van der Waals surface area contributed by atoms with E-state index in [1.807, 2.05) is 0 Å². The van der Waals surface area contributed by atoms with Crippen molar-refractivity contribution in [3.8, 4) is 0 Å². The summed E-state index contributed by atoms with van der Waals surface area (Å²) in [6, 6.07) is 0. The Hall–Kier alpha value is -0.260. The standard InChI is InChI=1S/C9H16/c1-3-5-9-7-4-6-8(9)2/h3-7H2,1-2H3. The van der Waals surface area contributed by atoms with Crippen LogP contribution in [0, 0.1) is 0 Å². The zero-order chi connectivity index (χ0) is 6.69. The largest absolute Gasteiger partial charge is 0.0741 e. The van der Waals surface area contributed by atoms with Crippen LogP contribution < -0.4 is 0 Å². The van der Waals surface area contributed by atoms with E-state index in [2.05, 4.69) is 13.8 Å². The van der Waals surface area contributed by atoms with Crippen molar-refractivity contribution in [3.63, 3.8) is 0 Å². The van der Waals surface area contributed by atoms with E-state index in [9.17, 15) is 0 Å². The van der Waals surface area contributed by atoms with Crippen molar-refractivity contribution < 1.29 is 0 Å². The third-order valence-corrected chi connectivity index (χ3v) is 2.19. The van der Waals surface area contributed by atoms with Crippen LogP contribution in [0.4, 0.5) is 0 Å². The molecule has 0 saturated heterocycles. The second-order valence-corrected chi connectivity index (χ2v) is 2.99. The highest BCUT2D eigenvalue weighted by atomic mass is 14.1. The van der Waals surface area contributed by atoms with Crippen molar-refractivity contribution in [2.75, 3.05) is 0 Å². The van der Waals surface area contributed by atoms with Gasteiger partial charge in [-0.05, 0) is 32.6 Å². The normalized spacial score (nSPS) is 19.3. The zero-order valence-electron chi connectivity index (χ0n) is 6.54. The fourth-order valence-electron chi connectivity index (χ4n) is 1.60. The van der Waals surface area contributed by atoms with Crippen LogP contribution >= 0.6 is 0 Å². The first-order valence-electron chi connectivity index (χ1n) is 4.02. The summed E-state index contributed by atoms with van der Waals surface area (Å²) < 4.78 is 0. The van der Waals surface area contributed by atoms with Crippen LogP contribution in [0.1, 0.15) is 46.0 Å². The van der Waals surface area contributed by atoms with Crippen LogP contribution in [0.3, 0.4) is 0 Å². The summed E-state index contributed by atoms with van der Waals surface area (Å²) >= 11 is 0. The van der Waals surface area contributed by atoms with E-state index in [0.717, 1.165) is 0 Å². The lowest BCUT2D eigenvalue weighted by molar-refractivity contribution is 0.830. The molecule has 0 amide bonds. The molecule has 0 fully saturated rings. The molecule has 0 heterocycles. The highest BCUT2D eigenvalue weighted by Crippen LogP contribution is 2.28. The maximum atomic E-state index is 2.29. The molecule has 0 atom stereocenters. The van der Waals surface area contributed by atoms with Gasteiger partial charge < -0.3 is 0 Å². The summed E-state index contributed by atoms with van der Waals surface area (Å²) in [6.45, 7) is 4.55. The molecule has 0 aromatic heterocycles. The maximum absolute atomic E-state index is 2.29. The molecule has 0 radical (unpaired) electrons. The SMILES string of the molecule is CCCC1=C(C)CCC1. The predicted octanol–water partition coefficient (Wildman–Crippen LogP) is 3.29. The van der Waals surface area contributed by atoms with E-state index < -0.39 is 0 Å². The van der Waals surface area contributed by atoms with E-state index in [0.29, 0.717) is 0 Å². The van der Waals surface area contributed by atoms with Crippen LogP contribution in [0.15, 0.2) is 11.1 Å². The molecule has 0 unspecified atom stereocenters. The van der Waals surface area contributed by atoms with Crippen LogP contribution in [0.2, 0.25) is 0 Å². The van der Waals surface area contributed by atoms with Crippen molar-refractivity contribution in [1.29, 1.82) is 0 Å². The average molecular weight is 124 g/mol. The maximum Gasteiger partial charge on any atom is -0.0315 e. The van der Waals surface area contributed by atoms with Crippen molar-refractivity contribution in [2.45, 2.75) is 46.0 Å². The Morgan fingerprint density at radius 1 is 1.33 bits per heavy atom. The van der Waals surface area contributed by atoms with Gasteiger partial charge in [-0.25, -0.2) is 0 Å². The lowest BCUT2D eigenvalue weighted by Crippen LogP contribution is -1.78. The van der Waals surface area contributed by atoms with Gasteiger partial charge in [0.25, 0.3) is 0 Å². The topological polar surface area (TPSA) is 0 Å². The van der Waals surface area contributed by atoms with Crippen LogP contribution in [0.5, 0.6) is 0 Å². The van der Waals surface area contributed by atoms with Crippen molar-refractivity contribution >= 4 is 0 Å². The molecular formula is C9H16. The van der Waals surface area contributed by atoms with Gasteiger partial charge in [-0.15, -0.1) is 0 Å². The number of allylic oxidation sites excluding steroid dienone is 2. The minimum absolute atomic E-state index is 1.33. The molecule has 0 aromatic carbocycles. The summed E-state index contributed by atoms with van der Waals surface area (Å²) in [5, 5.41) is 0. The quantitative estimate of drug-likeness (QED) is 0.495. The van der Waals surface area contributed by atoms with E-state index in [-0.39, 0.29) is 0 Å². The number of hydrogen-bond acceptors (Lipinski definition) is 0. The molecular weight excluding hydrogens is 108 g/mol. The summed E-state index contributed by atoms with van der Waals surface area (Å²) in [5.41, 5.74) is 3.43. The molecule has 0 spiro atoms. The van der Waals surface area contributed by atoms with E-state index in [4.69, 9.17) is 0 Å². The van der Waals surface area contributed by atoms with Gasteiger partial charge in [-0.1, -0.05) is 24.5 Å². The Kier molecular flexibility index (Phi) is 2.32. The van der Waals surface area contributed by atoms with Crippen LogP contribution in [-0.4, -0.2) is 0 Å². The molecule has 1 rings (SSSR count). The molecule has 0 saturated carbocycles. The summed E-state index contributed by atoms with van der Waals surface area (Å²) in [4.78, 5) is 0. The summed E-state index contributed by atoms with van der Waals surface area (Å²) in [6.07, 6.45) is 6.86. The highest BCUT2D eigenvalue weighted by molar-refractivity contribution is 5.16. The van der Waals surface area contributed by atoms with Gasteiger partial charge in [-0.3, -0.25) is 0 Å². The fourth-order valence-corrected chi connectivity index (χ4v) is 1.60. The average Bonchev–Trinajstić information content (AvgIpc) is 2.18. The third-order valence-electron chi connectivity index (χ3n) is 2.19. The first-order chi connectivity index (χ1) is 4.34. The first kappa shape index (κ1) is 6.85. The van der Waals surface area contributed by atoms with Gasteiger partial charge in [0.1, 0.15) is 0 Å². The van der Waals surface area contributed by atoms with Gasteiger partial charge >= 0.3 is 0 Å². The number of hydrogen-bond donors (Lipinski definition) is 0. The van der Waals surface area contributed by atoms with Gasteiger partial charge in [0.05, 0.1) is 0 Å². The Morgan fingerprint density at radius 2 is 2.11 bits per heavy atom. The lowest BCUT2D eigenvalue weighted by Gasteiger charge is -1.98. The Bertz CT molecular complexity index is 120. The molecule has 0 heteroatoms. The van der Waals surface area contributed by atoms with Crippen LogP contribution in [0.25, 0.3) is 0 Å². The zero-order valence-corrected chi connectivity index (χ0v) is 6.54. The van der Waals surface area contributed by atoms with E-state index in [1.54, 1.807) is 11.1 Å². The van der Waals surface area contributed by atoms with E-state index in [1.165, 1.54) is 32.1 Å². The van der Waals surface area contributed by atoms with Gasteiger partial charge in [0.2, 0.25) is 0 Å². The molecule has 1 aliphatic carbocycles. The summed E-state index contributed by atoms with van der Waals surface area (Å²) in [7, 11) is 0. The summed E-state index contributed by atoms with van der Waals surface area (Å²) in [5.74, 6) is 0. The van der Waals surface area contributed by atoms with Gasteiger partial charge in [0, 0.05) is 0 Å². The minimum Gasteiger partial charge on any atom is -0.0741 e. The minimum atomic E-state index is 1.33. The van der Waals surface area contributed by atoms with Crippen molar-refractivity contribution in [1.82, 2.24) is 0 Å². The molecule has 0 N–H and O–H groups in total. The Balaban J connectivity index is 2.45. The van der Waals surface area contributed by atoms with Gasteiger partial charge in [0.15, 0.2) is 0 Å². The van der Waals surface area contributed by atoms with Gasteiger partial charge in [-0.2, -0.15) is 0 Å². The monoisotopic (exact) mass is 124 g/mol. The Morgan fingerprint density at radius 3 is 2.56 bits per heavy atom. The molecule has 1 aliphatic rings. The van der Waals surface area contributed by atoms with Crippen LogP contribution in [-0.2, 0) is 0 Å². The Labute approximate surface area is 58.0 Å². The smallest absolute Gasteiger partial charge is 0.0315 e. The second-order valence-electron chi connectivity index (χ2n) is 2.99. The molecule has 9 heavy (non-hydrogen) atoms. The molecule has 0 aromatic rings.